The number of carbonyl (C=O) groups is 1. The number of hydrogen-bond donors (Lipinski definition) is 0. The maximum Gasteiger partial charge on any atom is 0.212 e. The minimum absolute atomic E-state index is 0.0961. The van der Waals surface area contributed by atoms with Crippen molar-refractivity contribution in [3.63, 3.8) is 0 Å². The Bertz CT molecular complexity index is 667. The number of carbonyl (C=O) groups excluding carboxylic acids is 1. The normalized spacial score (nSPS) is 11.1. The zero-order valence-electron chi connectivity index (χ0n) is 12.2. The minimum atomic E-state index is -0.0961. The summed E-state index contributed by atoms with van der Waals surface area (Å²) in [6.45, 7) is 3.32. The Labute approximate surface area is 137 Å². The molecule has 4 nitrogen and oxygen atoms in total. The van der Waals surface area contributed by atoms with E-state index >= 15 is 0 Å². The highest BCUT2D eigenvalue weighted by Crippen LogP contribution is 2.23. The third-order valence-corrected chi connectivity index (χ3v) is 3.97. The molecule has 2 rings (SSSR count). The molecule has 112 valence electrons. The molecule has 0 saturated carbocycles. The highest BCUT2D eigenvalue weighted by atomic mass is 79.9. The first-order valence-corrected chi connectivity index (χ1v) is 7.74. The first kappa shape index (κ1) is 16.2. The van der Waals surface area contributed by atoms with Crippen LogP contribution in [0, 0.1) is 6.92 Å². The lowest BCUT2D eigenvalue weighted by Crippen LogP contribution is -2.22. The van der Waals surface area contributed by atoms with Crippen molar-refractivity contribution < 1.29 is 4.79 Å². The smallest absolute Gasteiger partial charge is 0.212 e. The Morgan fingerprint density at radius 1 is 1.43 bits per heavy atom. The molecule has 1 heterocycles. The molecular formula is C15H17BrClN3O. The van der Waals surface area contributed by atoms with Crippen molar-refractivity contribution >= 4 is 33.3 Å². The van der Waals surface area contributed by atoms with Gasteiger partial charge in [-0.25, -0.2) is 0 Å². The third kappa shape index (κ3) is 3.73. The van der Waals surface area contributed by atoms with Gasteiger partial charge >= 0.3 is 0 Å². The molecule has 0 saturated heterocycles. The van der Waals surface area contributed by atoms with E-state index in [1.54, 1.807) is 10.7 Å². The molecule has 0 amide bonds. The Morgan fingerprint density at radius 3 is 2.76 bits per heavy atom. The topological polar surface area (TPSA) is 38.1 Å². The molecule has 0 fully saturated rings. The SMILES string of the molecule is Cc1cc(Br)ccc1C(=O)c1c(Cl)cnn1CCN(C)C. The molecule has 2 aromatic rings. The molecule has 6 heteroatoms. The highest BCUT2D eigenvalue weighted by molar-refractivity contribution is 9.10. The molecule has 0 unspecified atom stereocenters. The van der Waals surface area contributed by atoms with Gasteiger partial charge in [-0.2, -0.15) is 5.10 Å². The van der Waals surface area contributed by atoms with Crippen molar-refractivity contribution in [1.29, 1.82) is 0 Å². The van der Waals surface area contributed by atoms with Crippen LogP contribution in [0.1, 0.15) is 21.6 Å². The largest absolute Gasteiger partial charge is 0.308 e. The highest BCUT2D eigenvalue weighted by Gasteiger charge is 2.20. The number of aryl methyl sites for hydroxylation is 1. The average Bonchev–Trinajstić information content (AvgIpc) is 2.77. The van der Waals surface area contributed by atoms with Crippen molar-refractivity contribution in [2.24, 2.45) is 0 Å². The summed E-state index contributed by atoms with van der Waals surface area (Å²) in [5, 5.41) is 4.60. The Morgan fingerprint density at radius 2 is 2.14 bits per heavy atom. The summed E-state index contributed by atoms with van der Waals surface area (Å²) in [7, 11) is 3.96. The summed E-state index contributed by atoms with van der Waals surface area (Å²) in [4.78, 5) is 14.8. The summed E-state index contributed by atoms with van der Waals surface area (Å²) in [5.41, 5.74) is 2.00. The molecule has 0 atom stereocenters. The lowest BCUT2D eigenvalue weighted by atomic mass is 10.0. The Kier molecular flexibility index (Phi) is 5.19. The predicted molar refractivity (Wildman–Crippen MR) is 88.1 cm³/mol. The lowest BCUT2D eigenvalue weighted by molar-refractivity contribution is 0.102. The van der Waals surface area contributed by atoms with Crippen molar-refractivity contribution in [1.82, 2.24) is 14.7 Å². The van der Waals surface area contributed by atoms with E-state index < -0.39 is 0 Å². The molecule has 1 aromatic heterocycles. The monoisotopic (exact) mass is 369 g/mol. The number of benzene rings is 1. The van der Waals surface area contributed by atoms with E-state index in [2.05, 4.69) is 21.0 Å². The van der Waals surface area contributed by atoms with Gasteiger partial charge in [0.15, 0.2) is 0 Å². The first-order chi connectivity index (χ1) is 9.90. The van der Waals surface area contributed by atoms with E-state index in [4.69, 9.17) is 11.6 Å². The molecule has 0 radical (unpaired) electrons. The average molecular weight is 371 g/mol. The van der Waals surface area contributed by atoms with Gasteiger partial charge in [0, 0.05) is 16.6 Å². The standard InChI is InChI=1S/C15H17BrClN3O/c1-10-8-11(16)4-5-12(10)15(21)14-13(17)9-18-20(14)7-6-19(2)3/h4-5,8-9H,6-7H2,1-3H3. The molecule has 21 heavy (non-hydrogen) atoms. The van der Waals surface area contributed by atoms with Crippen molar-refractivity contribution in [2.75, 3.05) is 20.6 Å². The summed E-state index contributed by atoms with van der Waals surface area (Å²) in [5.74, 6) is -0.0961. The zero-order valence-corrected chi connectivity index (χ0v) is 14.6. The van der Waals surface area contributed by atoms with Crippen LogP contribution in [-0.2, 0) is 6.54 Å². The summed E-state index contributed by atoms with van der Waals surface area (Å²) in [6, 6.07) is 5.58. The quantitative estimate of drug-likeness (QED) is 0.757. The number of nitrogens with zero attached hydrogens (tertiary/aromatic N) is 3. The molecule has 0 aliphatic rings. The van der Waals surface area contributed by atoms with Crippen LogP contribution in [0.15, 0.2) is 28.9 Å². The van der Waals surface area contributed by atoms with Gasteiger partial charge in [-0.15, -0.1) is 0 Å². The van der Waals surface area contributed by atoms with E-state index in [-0.39, 0.29) is 5.78 Å². The van der Waals surface area contributed by atoms with Crippen molar-refractivity contribution in [2.45, 2.75) is 13.5 Å². The van der Waals surface area contributed by atoms with Crippen molar-refractivity contribution in [3.8, 4) is 0 Å². The van der Waals surface area contributed by atoms with Gasteiger partial charge in [0.05, 0.1) is 17.8 Å². The number of ketones is 1. The fourth-order valence-electron chi connectivity index (χ4n) is 2.06. The third-order valence-electron chi connectivity index (χ3n) is 3.20. The van der Waals surface area contributed by atoms with Crippen LogP contribution in [0.5, 0.6) is 0 Å². The molecule has 0 aliphatic heterocycles. The molecular weight excluding hydrogens is 354 g/mol. The maximum absolute atomic E-state index is 12.8. The van der Waals surface area contributed by atoms with Crippen molar-refractivity contribution in [3.05, 3.63) is 50.7 Å². The number of halogens is 2. The van der Waals surface area contributed by atoms with Gasteiger partial charge in [0.2, 0.25) is 5.78 Å². The second kappa shape index (κ2) is 6.73. The number of likely N-dealkylation sites (N-methyl/N-ethyl adjacent to an activating group) is 1. The molecule has 1 aromatic carbocycles. The summed E-state index contributed by atoms with van der Waals surface area (Å²) < 4.78 is 2.62. The minimum Gasteiger partial charge on any atom is -0.308 e. The number of aromatic nitrogens is 2. The fourth-order valence-corrected chi connectivity index (χ4v) is 2.76. The van der Waals surface area contributed by atoms with Gasteiger partial charge in [-0.3, -0.25) is 9.48 Å². The van der Waals surface area contributed by atoms with Gasteiger partial charge < -0.3 is 4.90 Å². The van der Waals surface area contributed by atoms with E-state index in [9.17, 15) is 4.79 Å². The fraction of sp³-hybridized carbons (Fsp3) is 0.333. The Balaban J connectivity index is 2.36. The lowest BCUT2D eigenvalue weighted by Gasteiger charge is -2.12. The number of hydrogen-bond acceptors (Lipinski definition) is 3. The summed E-state index contributed by atoms with van der Waals surface area (Å²) in [6.07, 6.45) is 1.53. The van der Waals surface area contributed by atoms with Gasteiger partial charge in [0.25, 0.3) is 0 Å². The molecule has 0 spiro atoms. The molecule has 0 bridgehead atoms. The van der Waals surface area contributed by atoms with Crippen LogP contribution in [0.2, 0.25) is 5.02 Å². The van der Waals surface area contributed by atoms with E-state index in [1.807, 2.05) is 38.1 Å². The zero-order chi connectivity index (χ0) is 15.6. The second-order valence-corrected chi connectivity index (χ2v) is 6.48. The molecule has 0 N–H and O–H groups in total. The second-order valence-electron chi connectivity index (χ2n) is 5.16. The number of rotatable bonds is 5. The first-order valence-electron chi connectivity index (χ1n) is 6.57. The van der Waals surface area contributed by atoms with E-state index in [0.717, 1.165) is 16.6 Å². The Hall–Kier alpha value is -1.17. The van der Waals surface area contributed by atoms with Crippen LogP contribution in [0.4, 0.5) is 0 Å². The van der Waals surface area contributed by atoms with Gasteiger partial charge in [-0.1, -0.05) is 27.5 Å². The summed E-state index contributed by atoms with van der Waals surface area (Å²) >= 11 is 9.57. The van der Waals surface area contributed by atoms with Crippen LogP contribution < -0.4 is 0 Å². The van der Waals surface area contributed by atoms with Gasteiger partial charge in [0.1, 0.15) is 5.69 Å². The van der Waals surface area contributed by atoms with E-state index in [0.29, 0.717) is 22.8 Å². The van der Waals surface area contributed by atoms with Crippen LogP contribution in [0.25, 0.3) is 0 Å². The predicted octanol–water partition coefficient (Wildman–Crippen LogP) is 3.40. The molecule has 0 aliphatic carbocycles. The van der Waals surface area contributed by atoms with Crippen LogP contribution >= 0.6 is 27.5 Å². The van der Waals surface area contributed by atoms with E-state index in [1.165, 1.54) is 6.20 Å². The maximum atomic E-state index is 12.8. The van der Waals surface area contributed by atoms with Gasteiger partial charge in [-0.05, 0) is 44.8 Å². The van der Waals surface area contributed by atoms with Crippen LogP contribution in [-0.4, -0.2) is 41.1 Å². The van der Waals surface area contributed by atoms with Crippen LogP contribution in [0.3, 0.4) is 0 Å².